The summed E-state index contributed by atoms with van der Waals surface area (Å²) < 4.78 is 25.7. The van der Waals surface area contributed by atoms with E-state index in [0.29, 0.717) is 12.1 Å². The van der Waals surface area contributed by atoms with Crippen LogP contribution in [0.4, 0.5) is 8.78 Å². The lowest BCUT2D eigenvalue weighted by Gasteiger charge is -2.28. The molecule has 0 saturated heterocycles. The van der Waals surface area contributed by atoms with Crippen molar-refractivity contribution in [3.63, 3.8) is 0 Å². The van der Waals surface area contributed by atoms with Gasteiger partial charge in [0.25, 0.3) is 0 Å². The largest absolute Gasteiger partial charge is 0.392 e. The number of benzene rings is 1. The Morgan fingerprint density at radius 3 is 2.65 bits per heavy atom. The number of aliphatic hydroxyl groups excluding tert-OH is 1. The maximum atomic E-state index is 13.0. The summed E-state index contributed by atoms with van der Waals surface area (Å²) in [5, 5.41) is 12.9. The smallest absolute Gasteiger partial charge is 0.159 e. The molecule has 1 aromatic rings. The van der Waals surface area contributed by atoms with Gasteiger partial charge < -0.3 is 10.4 Å². The van der Waals surface area contributed by atoms with Crippen LogP contribution in [0.3, 0.4) is 0 Å². The second-order valence-electron chi connectivity index (χ2n) is 4.59. The topological polar surface area (TPSA) is 32.3 Å². The Morgan fingerprint density at radius 2 is 1.94 bits per heavy atom. The molecule has 0 aliphatic heterocycles. The van der Waals surface area contributed by atoms with Gasteiger partial charge in [-0.25, -0.2) is 8.78 Å². The summed E-state index contributed by atoms with van der Waals surface area (Å²) >= 11 is 0. The Balaban J connectivity index is 1.90. The molecule has 2 atom stereocenters. The van der Waals surface area contributed by atoms with Gasteiger partial charge in [0, 0.05) is 12.6 Å². The fraction of sp³-hybridized carbons (Fsp3) is 0.538. The number of halogens is 2. The molecule has 4 heteroatoms. The molecule has 17 heavy (non-hydrogen) atoms. The van der Waals surface area contributed by atoms with E-state index in [1.54, 1.807) is 6.07 Å². The summed E-state index contributed by atoms with van der Waals surface area (Å²) in [6, 6.07) is 3.94. The van der Waals surface area contributed by atoms with E-state index in [4.69, 9.17) is 0 Å². The van der Waals surface area contributed by atoms with E-state index in [1.807, 2.05) is 0 Å². The van der Waals surface area contributed by atoms with Crippen molar-refractivity contribution in [2.45, 2.75) is 44.4 Å². The molecule has 0 amide bonds. The molecular weight excluding hydrogens is 224 g/mol. The Labute approximate surface area is 99.7 Å². The Morgan fingerprint density at radius 1 is 1.18 bits per heavy atom. The molecule has 0 aromatic heterocycles. The molecule has 2 nitrogen and oxygen atoms in total. The monoisotopic (exact) mass is 241 g/mol. The van der Waals surface area contributed by atoms with Crippen LogP contribution in [0.5, 0.6) is 0 Å². The highest BCUT2D eigenvalue weighted by atomic mass is 19.2. The van der Waals surface area contributed by atoms with Crippen molar-refractivity contribution in [2.75, 3.05) is 0 Å². The Kier molecular flexibility index (Phi) is 4.07. The highest BCUT2D eigenvalue weighted by molar-refractivity contribution is 5.17. The van der Waals surface area contributed by atoms with Gasteiger partial charge in [0.2, 0.25) is 0 Å². The first-order chi connectivity index (χ1) is 8.16. The molecular formula is C13H17F2NO. The third-order valence-corrected chi connectivity index (χ3v) is 3.28. The Bertz CT molecular complexity index is 384. The first kappa shape index (κ1) is 12.5. The number of hydrogen-bond acceptors (Lipinski definition) is 2. The van der Waals surface area contributed by atoms with E-state index in [1.165, 1.54) is 6.07 Å². The minimum Gasteiger partial charge on any atom is -0.392 e. The predicted octanol–water partition coefficient (Wildman–Crippen LogP) is 2.36. The van der Waals surface area contributed by atoms with Crippen LogP contribution in [0.15, 0.2) is 18.2 Å². The lowest BCUT2D eigenvalue weighted by Crippen LogP contribution is -2.41. The molecule has 0 heterocycles. The zero-order valence-corrected chi connectivity index (χ0v) is 9.63. The third kappa shape index (κ3) is 3.23. The van der Waals surface area contributed by atoms with Gasteiger partial charge >= 0.3 is 0 Å². The van der Waals surface area contributed by atoms with E-state index in [0.717, 1.165) is 31.7 Å². The maximum Gasteiger partial charge on any atom is 0.159 e. The second kappa shape index (κ2) is 5.56. The van der Waals surface area contributed by atoms with Crippen LogP contribution in [0.1, 0.15) is 31.2 Å². The molecule has 1 fully saturated rings. The van der Waals surface area contributed by atoms with E-state index in [2.05, 4.69) is 5.32 Å². The summed E-state index contributed by atoms with van der Waals surface area (Å²) in [6.45, 7) is 0.457. The van der Waals surface area contributed by atoms with Gasteiger partial charge in [-0.15, -0.1) is 0 Å². The van der Waals surface area contributed by atoms with Crippen LogP contribution < -0.4 is 5.32 Å². The van der Waals surface area contributed by atoms with Crippen LogP contribution >= 0.6 is 0 Å². The Hall–Kier alpha value is -1.00. The average molecular weight is 241 g/mol. The first-order valence-electron chi connectivity index (χ1n) is 6.02. The minimum atomic E-state index is -0.827. The van der Waals surface area contributed by atoms with Gasteiger partial charge in [-0.05, 0) is 30.5 Å². The molecule has 1 aliphatic carbocycles. The third-order valence-electron chi connectivity index (χ3n) is 3.28. The summed E-state index contributed by atoms with van der Waals surface area (Å²) in [7, 11) is 0. The van der Waals surface area contributed by atoms with E-state index in [9.17, 15) is 13.9 Å². The molecule has 1 saturated carbocycles. The molecule has 0 bridgehead atoms. The lowest BCUT2D eigenvalue weighted by molar-refractivity contribution is 0.0902. The van der Waals surface area contributed by atoms with E-state index < -0.39 is 11.6 Å². The molecule has 0 radical (unpaired) electrons. The second-order valence-corrected chi connectivity index (χ2v) is 4.59. The summed E-state index contributed by atoms with van der Waals surface area (Å²) in [5.74, 6) is -1.65. The molecule has 2 N–H and O–H groups in total. The minimum absolute atomic E-state index is 0.0665. The molecule has 1 aromatic carbocycles. The van der Waals surface area contributed by atoms with Gasteiger partial charge in [0.1, 0.15) is 0 Å². The average Bonchev–Trinajstić information content (AvgIpc) is 2.32. The van der Waals surface area contributed by atoms with Crippen molar-refractivity contribution in [1.82, 2.24) is 5.32 Å². The van der Waals surface area contributed by atoms with Crippen LogP contribution in [-0.2, 0) is 6.54 Å². The highest BCUT2D eigenvalue weighted by Crippen LogP contribution is 2.19. The normalized spacial score (nSPS) is 24.9. The van der Waals surface area contributed by atoms with Crippen molar-refractivity contribution in [3.05, 3.63) is 35.4 Å². The maximum absolute atomic E-state index is 13.0. The van der Waals surface area contributed by atoms with Crippen LogP contribution in [0, 0.1) is 11.6 Å². The van der Waals surface area contributed by atoms with Gasteiger partial charge in [0.05, 0.1) is 6.10 Å². The fourth-order valence-corrected chi connectivity index (χ4v) is 2.25. The fourth-order valence-electron chi connectivity index (χ4n) is 2.25. The summed E-state index contributed by atoms with van der Waals surface area (Å²) in [6.07, 6.45) is 3.59. The quantitative estimate of drug-likeness (QED) is 0.851. The highest BCUT2D eigenvalue weighted by Gasteiger charge is 2.22. The summed E-state index contributed by atoms with van der Waals surface area (Å²) in [5.41, 5.74) is 0.696. The van der Waals surface area contributed by atoms with Gasteiger partial charge in [-0.3, -0.25) is 0 Å². The zero-order chi connectivity index (χ0) is 12.3. The van der Waals surface area contributed by atoms with Crippen LogP contribution in [0.25, 0.3) is 0 Å². The lowest BCUT2D eigenvalue weighted by atomic mass is 9.92. The van der Waals surface area contributed by atoms with Crippen molar-refractivity contribution in [2.24, 2.45) is 0 Å². The van der Waals surface area contributed by atoms with Crippen molar-refractivity contribution in [1.29, 1.82) is 0 Å². The first-order valence-corrected chi connectivity index (χ1v) is 6.02. The van der Waals surface area contributed by atoms with Crippen LogP contribution in [0.2, 0.25) is 0 Å². The number of nitrogens with one attached hydrogen (secondary N) is 1. The molecule has 94 valence electrons. The van der Waals surface area contributed by atoms with E-state index >= 15 is 0 Å². The van der Waals surface area contributed by atoms with Crippen molar-refractivity contribution in [3.8, 4) is 0 Å². The number of rotatable bonds is 3. The van der Waals surface area contributed by atoms with Crippen molar-refractivity contribution < 1.29 is 13.9 Å². The standard InChI is InChI=1S/C13H17F2NO/c14-10-6-5-9(7-11(10)15)8-16-12-3-1-2-4-13(12)17/h5-7,12-13,16-17H,1-4,8H2/t12-,13-/m0/s1. The molecule has 1 aliphatic rings. The number of aliphatic hydroxyl groups is 1. The van der Waals surface area contributed by atoms with Gasteiger partial charge in [0.15, 0.2) is 11.6 Å². The van der Waals surface area contributed by atoms with Crippen molar-refractivity contribution >= 4 is 0 Å². The zero-order valence-electron chi connectivity index (χ0n) is 9.63. The number of hydrogen-bond donors (Lipinski definition) is 2. The SMILES string of the molecule is O[C@H]1CCCC[C@@H]1NCc1ccc(F)c(F)c1. The molecule has 0 unspecified atom stereocenters. The van der Waals surface area contributed by atoms with Gasteiger partial charge in [-0.2, -0.15) is 0 Å². The summed E-state index contributed by atoms with van der Waals surface area (Å²) in [4.78, 5) is 0. The van der Waals surface area contributed by atoms with E-state index in [-0.39, 0.29) is 12.1 Å². The van der Waals surface area contributed by atoms with Crippen LogP contribution in [-0.4, -0.2) is 17.3 Å². The predicted molar refractivity (Wildman–Crippen MR) is 61.5 cm³/mol. The molecule has 2 rings (SSSR count). The van der Waals surface area contributed by atoms with Gasteiger partial charge in [-0.1, -0.05) is 18.9 Å². The molecule has 0 spiro atoms.